The second-order valence-electron chi connectivity index (χ2n) is 3.85. The topological polar surface area (TPSA) is 12.0 Å². The summed E-state index contributed by atoms with van der Waals surface area (Å²) in [6, 6.07) is 0.636. The smallest absolute Gasteiger partial charge is 0.0127 e. The third-order valence-corrected chi connectivity index (χ3v) is 2.51. The number of rotatable bonds is 8. The van der Waals surface area contributed by atoms with Crippen molar-refractivity contribution in [3.05, 3.63) is 12.7 Å². The molecule has 0 aliphatic heterocycles. The molecule has 2 unspecified atom stereocenters. The zero-order chi connectivity index (χ0) is 10.1. The highest BCUT2D eigenvalue weighted by molar-refractivity contribution is 4.81. The van der Waals surface area contributed by atoms with Gasteiger partial charge in [-0.3, -0.25) is 0 Å². The van der Waals surface area contributed by atoms with E-state index in [2.05, 4.69) is 32.7 Å². The fraction of sp³-hybridized carbons (Fsp3) is 0.833. The van der Waals surface area contributed by atoms with Crippen LogP contribution < -0.4 is 5.32 Å². The molecule has 0 heterocycles. The van der Waals surface area contributed by atoms with Crippen molar-refractivity contribution >= 4 is 0 Å². The lowest BCUT2D eigenvalue weighted by molar-refractivity contribution is 0.356. The summed E-state index contributed by atoms with van der Waals surface area (Å²) in [7, 11) is 0. The summed E-state index contributed by atoms with van der Waals surface area (Å²) in [6.07, 6.45) is 6.94. The van der Waals surface area contributed by atoms with Crippen LogP contribution in [0.1, 0.15) is 46.5 Å². The van der Waals surface area contributed by atoms with Gasteiger partial charge in [-0.25, -0.2) is 0 Å². The van der Waals surface area contributed by atoms with E-state index < -0.39 is 0 Å². The molecule has 0 radical (unpaired) electrons. The average Bonchev–Trinajstić information content (AvgIpc) is 2.12. The Labute approximate surface area is 83.6 Å². The average molecular weight is 183 g/mol. The second kappa shape index (κ2) is 8.31. The first-order valence-corrected chi connectivity index (χ1v) is 5.60. The maximum atomic E-state index is 3.81. The lowest BCUT2D eigenvalue weighted by Gasteiger charge is -2.23. The highest BCUT2D eigenvalue weighted by Gasteiger charge is 2.13. The predicted octanol–water partition coefficient (Wildman–Crippen LogP) is 3.37. The molecule has 2 atom stereocenters. The molecule has 1 N–H and O–H groups in total. The van der Waals surface area contributed by atoms with Crippen LogP contribution in [0.15, 0.2) is 12.7 Å². The fourth-order valence-corrected chi connectivity index (χ4v) is 1.68. The molecule has 0 aromatic heterocycles. The molecule has 0 aliphatic carbocycles. The quantitative estimate of drug-likeness (QED) is 0.569. The Balaban J connectivity index is 3.82. The molecule has 13 heavy (non-hydrogen) atoms. The maximum Gasteiger partial charge on any atom is 0.0127 e. The van der Waals surface area contributed by atoms with Crippen molar-refractivity contribution < 1.29 is 0 Å². The van der Waals surface area contributed by atoms with E-state index in [0.717, 1.165) is 18.9 Å². The van der Waals surface area contributed by atoms with Crippen molar-refractivity contribution in [2.24, 2.45) is 5.92 Å². The number of hydrogen-bond donors (Lipinski definition) is 1. The van der Waals surface area contributed by atoms with Crippen LogP contribution in [0.2, 0.25) is 0 Å². The molecular weight excluding hydrogens is 158 g/mol. The first-order chi connectivity index (χ1) is 6.26. The summed E-state index contributed by atoms with van der Waals surface area (Å²) >= 11 is 0. The van der Waals surface area contributed by atoms with E-state index in [9.17, 15) is 0 Å². The van der Waals surface area contributed by atoms with Crippen molar-refractivity contribution in [3.63, 3.8) is 0 Å². The van der Waals surface area contributed by atoms with Gasteiger partial charge in [0.25, 0.3) is 0 Å². The Kier molecular flexibility index (Phi) is 8.11. The third-order valence-electron chi connectivity index (χ3n) is 2.51. The van der Waals surface area contributed by atoms with E-state index in [4.69, 9.17) is 0 Å². The summed E-state index contributed by atoms with van der Waals surface area (Å²) in [5.41, 5.74) is 0. The van der Waals surface area contributed by atoms with Gasteiger partial charge in [0.05, 0.1) is 0 Å². The predicted molar refractivity (Wildman–Crippen MR) is 61.0 cm³/mol. The van der Waals surface area contributed by atoms with Gasteiger partial charge in [-0.1, -0.05) is 33.3 Å². The second-order valence-corrected chi connectivity index (χ2v) is 3.85. The summed E-state index contributed by atoms with van der Waals surface area (Å²) in [5, 5.41) is 3.58. The van der Waals surface area contributed by atoms with Gasteiger partial charge in [0.1, 0.15) is 0 Å². The van der Waals surface area contributed by atoms with Gasteiger partial charge in [0.15, 0.2) is 0 Å². The fourth-order valence-electron chi connectivity index (χ4n) is 1.68. The van der Waals surface area contributed by atoms with Crippen LogP contribution in [-0.2, 0) is 0 Å². The van der Waals surface area contributed by atoms with Crippen molar-refractivity contribution in [2.75, 3.05) is 6.54 Å². The molecule has 0 saturated carbocycles. The minimum absolute atomic E-state index is 0.636. The highest BCUT2D eigenvalue weighted by Crippen LogP contribution is 2.13. The van der Waals surface area contributed by atoms with Gasteiger partial charge in [0, 0.05) is 6.04 Å². The van der Waals surface area contributed by atoms with Crippen molar-refractivity contribution in [1.82, 2.24) is 5.32 Å². The van der Waals surface area contributed by atoms with Gasteiger partial charge in [0.2, 0.25) is 0 Å². The van der Waals surface area contributed by atoms with Crippen LogP contribution in [0.3, 0.4) is 0 Å². The monoisotopic (exact) mass is 183 g/mol. The van der Waals surface area contributed by atoms with E-state index in [1.54, 1.807) is 0 Å². The zero-order valence-electron chi connectivity index (χ0n) is 9.47. The van der Waals surface area contributed by atoms with Gasteiger partial charge in [-0.2, -0.15) is 0 Å². The Hall–Kier alpha value is -0.300. The van der Waals surface area contributed by atoms with Crippen molar-refractivity contribution in [2.45, 2.75) is 52.5 Å². The van der Waals surface area contributed by atoms with Crippen LogP contribution in [0.5, 0.6) is 0 Å². The molecule has 0 spiro atoms. The van der Waals surface area contributed by atoms with Crippen LogP contribution in [0, 0.1) is 5.92 Å². The standard InChI is InChI=1S/C12H25N/c1-5-8-11(4)12(9-6-2)13-10-7-3/h6,11-13H,2,5,7-10H2,1,3-4H3. The molecule has 0 aromatic carbocycles. The summed E-state index contributed by atoms with van der Waals surface area (Å²) in [5.74, 6) is 0.773. The van der Waals surface area contributed by atoms with E-state index in [0.29, 0.717) is 6.04 Å². The summed E-state index contributed by atoms with van der Waals surface area (Å²) in [6.45, 7) is 11.7. The first-order valence-electron chi connectivity index (χ1n) is 5.60. The normalized spacial score (nSPS) is 15.3. The Bertz CT molecular complexity index is 120. The first kappa shape index (κ1) is 12.7. The largest absolute Gasteiger partial charge is 0.313 e. The number of nitrogens with one attached hydrogen (secondary N) is 1. The molecule has 0 fully saturated rings. The maximum absolute atomic E-state index is 3.81. The molecule has 78 valence electrons. The zero-order valence-corrected chi connectivity index (χ0v) is 9.47. The van der Waals surface area contributed by atoms with Gasteiger partial charge in [-0.15, -0.1) is 6.58 Å². The lowest BCUT2D eigenvalue weighted by atomic mass is 9.94. The Morgan fingerprint density at radius 1 is 1.31 bits per heavy atom. The van der Waals surface area contributed by atoms with Crippen molar-refractivity contribution in [3.8, 4) is 0 Å². The van der Waals surface area contributed by atoms with Crippen LogP contribution in [0.4, 0.5) is 0 Å². The highest BCUT2D eigenvalue weighted by atomic mass is 14.9. The molecule has 0 bridgehead atoms. The van der Waals surface area contributed by atoms with Crippen LogP contribution in [0.25, 0.3) is 0 Å². The van der Waals surface area contributed by atoms with Gasteiger partial charge >= 0.3 is 0 Å². The molecular formula is C12H25N. The minimum atomic E-state index is 0.636. The molecule has 0 saturated heterocycles. The van der Waals surface area contributed by atoms with E-state index in [-0.39, 0.29) is 0 Å². The van der Waals surface area contributed by atoms with Gasteiger partial charge < -0.3 is 5.32 Å². The van der Waals surface area contributed by atoms with Crippen molar-refractivity contribution in [1.29, 1.82) is 0 Å². The van der Waals surface area contributed by atoms with Crippen LogP contribution >= 0.6 is 0 Å². The summed E-state index contributed by atoms with van der Waals surface area (Å²) in [4.78, 5) is 0. The van der Waals surface area contributed by atoms with E-state index in [1.165, 1.54) is 19.3 Å². The molecule has 1 nitrogen and oxygen atoms in total. The molecule has 0 aromatic rings. The minimum Gasteiger partial charge on any atom is -0.313 e. The number of hydrogen-bond acceptors (Lipinski definition) is 1. The van der Waals surface area contributed by atoms with E-state index >= 15 is 0 Å². The Morgan fingerprint density at radius 2 is 2.00 bits per heavy atom. The lowest BCUT2D eigenvalue weighted by Crippen LogP contribution is -2.35. The van der Waals surface area contributed by atoms with Crippen LogP contribution in [-0.4, -0.2) is 12.6 Å². The summed E-state index contributed by atoms with van der Waals surface area (Å²) < 4.78 is 0. The SMILES string of the molecule is C=CCC(NCCC)C(C)CCC. The molecule has 0 rings (SSSR count). The van der Waals surface area contributed by atoms with Gasteiger partial charge in [-0.05, 0) is 31.7 Å². The third kappa shape index (κ3) is 5.87. The molecule has 0 amide bonds. The Morgan fingerprint density at radius 3 is 2.46 bits per heavy atom. The van der Waals surface area contributed by atoms with E-state index in [1.807, 2.05) is 6.08 Å². The molecule has 0 aliphatic rings. The molecule has 1 heteroatoms.